The Morgan fingerprint density at radius 2 is 1.67 bits per heavy atom. The van der Waals surface area contributed by atoms with Gasteiger partial charge < -0.3 is 35.7 Å². The van der Waals surface area contributed by atoms with Crippen molar-refractivity contribution in [2.24, 2.45) is 0 Å². The van der Waals surface area contributed by atoms with Crippen LogP contribution in [0.15, 0.2) is 72.8 Å². The highest BCUT2D eigenvalue weighted by Crippen LogP contribution is 2.39. The molecule has 2 saturated heterocycles. The summed E-state index contributed by atoms with van der Waals surface area (Å²) in [4.78, 5) is 27.5. The first-order valence-electron chi connectivity index (χ1n) is 17.2. The maximum atomic E-state index is 12.8. The number of benzene rings is 3. The largest absolute Gasteiger partial charge is 0.397 e. The van der Waals surface area contributed by atoms with Gasteiger partial charge in [0.05, 0.1) is 36.8 Å². The van der Waals surface area contributed by atoms with Crippen molar-refractivity contribution in [1.29, 1.82) is 0 Å². The minimum Gasteiger partial charge on any atom is -0.397 e. The van der Waals surface area contributed by atoms with E-state index >= 15 is 0 Å². The lowest BCUT2D eigenvalue weighted by molar-refractivity contribution is -0.253. The number of hydrogen-bond donors (Lipinski definition) is 4. The number of nitrogens with zero attached hydrogens (tertiary/aromatic N) is 1. The Bertz CT molecular complexity index is 1470. The van der Waals surface area contributed by atoms with Crippen LogP contribution in [0.1, 0.15) is 86.9 Å². The number of unbranched alkanes of at least 4 members (excludes halogenated alkanes) is 3. The van der Waals surface area contributed by atoms with E-state index in [1.807, 2.05) is 60.7 Å². The number of amides is 2. The molecule has 10 heteroatoms. The van der Waals surface area contributed by atoms with Crippen LogP contribution in [0.5, 0.6) is 0 Å². The first-order valence-corrected chi connectivity index (χ1v) is 17.2. The highest BCUT2D eigenvalue weighted by molar-refractivity contribution is 5.93. The number of nitrogen functional groups attached to an aromatic ring is 1. The van der Waals surface area contributed by atoms with Crippen molar-refractivity contribution < 1.29 is 28.9 Å². The fourth-order valence-electron chi connectivity index (χ4n) is 6.55. The lowest BCUT2D eigenvalue weighted by Crippen LogP contribution is -2.42. The van der Waals surface area contributed by atoms with E-state index in [1.165, 1.54) is 0 Å². The number of aliphatic hydroxyl groups excluding tert-OH is 1. The predicted octanol–water partition coefficient (Wildman–Crippen LogP) is 6.34. The van der Waals surface area contributed by atoms with Gasteiger partial charge in [-0.1, -0.05) is 61.4 Å². The second-order valence-corrected chi connectivity index (χ2v) is 12.8. The molecule has 4 atom stereocenters. The Hall–Kier alpha value is -3.80. The number of carbonyl (C=O) groups is 2. The SMILES string of the molecule is COC[C@@H]1CCCN1C[C@@H]1C[C@H](c2ccc(CO)cc2)O[C@H](c2cccc(NC(=O)CCCCCCC(=O)Nc3ccccc3N)c2)O1. The molecule has 5 N–H and O–H groups in total. The van der Waals surface area contributed by atoms with Crippen LogP contribution >= 0.6 is 0 Å². The molecule has 2 heterocycles. The van der Waals surface area contributed by atoms with Gasteiger partial charge in [0, 0.05) is 50.2 Å². The summed E-state index contributed by atoms with van der Waals surface area (Å²) in [5, 5.41) is 15.4. The number of likely N-dealkylation sites (tertiary alicyclic amines) is 1. The van der Waals surface area contributed by atoms with Gasteiger partial charge in [-0.15, -0.1) is 0 Å². The van der Waals surface area contributed by atoms with Gasteiger partial charge in [-0.25, -0.2) is 0 Å². The molecule has 3 aromatic carbocycles. The van der Waals surface area contributed by atoms with Crippen molar-refractivity contribution in [1.82, 2.24) is 4.90 Å². The quantitative estimate of drug-likeness (QED) is 0.104. The molecule has 2 amide bonds. The molecule has 0 spiro atoms. The van der Waals surface area contributed by atoms with Crippen molar-refractivity contribution in [2.75, 3.05) is 43.2 Å². The second kappa shape index (κ2) is 18.1. The molecule has 10 nitrogen and oxygen atoms in total. The minimum absolute atomic E-state index is 0.00129. The first-order chi connectivity index (χ1) is 23.4. The number of nitrogens with one attached hydrogen (secondary N) is 2. The van der Waals surface area contributed by atoms with Crippen molar-refractivity contribution in [2.45, 2.75) is 88.9 Å². The van der Waals surface area contributed by atoms with Gasteiger partial charge in [-0.05, 0) is 67.6 Å². The summed E-state index contributed by atoms with van der Waals surface area (Å²) in [6.07, 6.45) is 6.21. The average Bonchev–Trinajstić information content (AvgIpc) is 3.53. The van der Waals surface area contributed by atoms with E-state index < -0.39 is 6.29 Å². The third kappa shape index (κ3) is 10.3. The zero-order valence-electron chi connectivity index (χ0n) is 27.9. The molecular weight excluding hydrogens is 608 g/mol. The molecule has 3 aromatic rings. The molecule has 2 fully saturated rings. The van der Waals surface area contributed by atoms with Gasteiger partial charge in [-0.2, -0.15) is 0 Å². The number of ether oxygens (including phenoxy) is 3. The van der Waals surface area contributed by atoms with Crippen LogP contribution in [0.2, 0.25) is 0 Å². The summed E-state index contributed by atoms with van der Waals surface area (Å²) < 4.78 is 18.6. The zero-order valence-corrected chi connectivity index (χ0v) is 27.9. The second-order valence-electron chi connectivity index (χ2n) is 12.8. The van der Waals surface area contributed by atoms with E-state index in [1.54, 1.807) is 19.2 Å². The minimum atomic E-state index is -0.595. The molecule has 0 unspecified atom stereocenters. The fourth-order valence-corrected chi connectivity index (χ4v) is 6.55. The predicted molar refractivity (Wildman–Crippen MR) is 187 cm³/mol. The van der Waals surface area contributed by atoms with Crippen LogP contribution < -0.4 is 16.4 Å². The number of hydrogen-bond acceptors (Lipinski definition) is 8. The van der Waals surface area contributed by atoms with Crippen molar-refractivity contribution in [3.05, 3.63) is 89.5 Å². The molecule has 2 aliphatic rings. The summed E-state index contributed by atoms with van der Waals surface area (Å²) in [5.74, 6) is -0.104. The van der Waals surface area contributed by atoms with Gasteiger partial charge in [0.1, 0.15) is 0 Å². The molecular formula is C38H50N4O6. The lowest BCUT2D eigenvalue weighted by atomic mass is 9.99. The Kier molecular flexibility index (Phi) is 13.4. The summed E-state index contributed by atoms with van der Waals surface area (Å²) in [6.45, 7) is 2.53. The van der Waals surface area contributed by atoms with Gasteiger partial charge in [-0.3, -0.25) is 14.5 Å². The van der Waals surface area contributed by atoms with Crippen LogP contribution in [-0.2, 0) is 30.4 Å². The van der Waals surface area contributed by atoms with Gasteiger partial charge >= 0.3 is 0 Å². The number of para-hydroxylation sites is 2. The van der Waals surface area contributed by atoms with Crippen molar-refractivity contribution >= 4 is 28.9 Å². The van der Waals surface area contributed by atoms with Crippen LogP contribution in [0.25, 0.3) is 0 Å². The van der Waals surface area contributed by atoms with E-state index in [-0.39, 0.29) is 30.6 Å². The standard InChI is InChI=1S/C38H50N4O6/c1-46-26-31-12-9-21-42(31)24-32-23-35(28-19-17-27(25-43)18-20-28)48-38(47-32)29-10-8-11-30(22-29)40-36(44)15-4-2-3-5-16-37(45)41-34-14-7-6-13-33(34)39/h6-8,10-11,13-14,17-20,22,31-32,35,38,43H,2-5,9,12,15-16,21,23-26,39H2,1H3,(H,40,44)(H,41,45)/t31-,32-,35+,38+/m0/s1. The summed E-state index contributed by atoms with van der Waals surface area (Å²) in [6, 6.07) is 23.2. The fraction of sp³-hybridized carbons (Fsp3) is 0.474. The Labute approximate surface area is 283 Å². The van der Waals surface area contributed by atoms with Gasteiger partial charge in [0.25, 0.3) is 0 Å². The average molecular weight is 659 g/mol. The molecule has 5 rings (SSSR count). The number of nitrogens with two attached hydrogens (primary N) is 1. The highest BCUT2D eigenvalue weighted by atomic mass is 16.7. The molecule has 2 aliphatic heterocycles. The normalized spacial score (nSPS) is 21.2. The maximum Gasteiger partial charge on any atom is 0.224 e. The molecule has 0 saturated carbocycles. The van der Waals surface area contributed by atoms with Crippen LogP contribution in [0, 0.1) is 0 Å². The third-order valence-corrected chi connectivity index (χ3v) is 9.15. The van der Waals surface area contributed by atoms with Crippen LogP contribution in [0.4, 0.5) is 17.1 Å². The topological polar surface area (TPSA) is 135 Å². The number of carbonyl (C=O) groups excluding carboxylic acids is 2. The van der Waals surface area contributed by atoms with Gasteiger partial charge in [0.15, 0.2) is 6.29 Å². The summed E-state index contributed by atoms with van der Waals surface area (Å²) in [5.41, 5.74) is 10.5. The Balaban J connectivity index is 1.12. The smallest absolute Gasteiger partial charge is 0.224 e. The molecule has 0 aliphatic carbocycles. The first kappa shape index (κ1) is 35.5. The molecule has 258 valence electrons. The zero-order chi connectivity index (χ0) is 33.7. The Morgan fingerprint density at radius 1 is 0.917 bits per heavy atom. The monoisotopic (exact) mass is 658 g/mol. The van der Waals surface area contributed by atoms with E-state index in [4.69, 9.17) is 19.9 Å². The molecule has 0 bridgehead atoms. The number of methoxy groups -OCH3 is 1. The van der Waals surface area contributed by atoms with Crippen LogP contribution in [0.3, 0.4) is 0 Å². The molecule has 48 heavy (non-hydrogen) atoms. The van der Waals surface area contributed by atoms with E-state index in [0.29, 0.717) is 49.0 Å². The maximum absolute atomic E-state index is 12.8. The molecule has 0 aromatic heterocycles. The number of anilines is 3. The number of aliphatic hydroxyl groups is 1. The van der Waals surface area contributed by atoms with E-state index in [2.05, 4.69) is 15.5 Å². The van der Waals surface area contributed by atoms with Crippen molar-refractivity contribution in [3.8, 4) is 0 Å². The van der Waals surface area contributed by atoms with Crippen molar-refractivity contribution in [3.63, 3.8) is 0 Å². The lowest BCUT2D eigenvalue weighted by Gasteiger charge is -2.39. The highest BCUT2D eigenvalue weighted by Gasteiger charge is 2.35. The van der Waals surface area contributed by atoms with E-state index in [0.717, 1.165) is 68.3 Å². The summed E-state index contributed by atoms with van der Waals surface area (Å²) >= 11 is 0. The number of rotatable bonds is 16. The third-order valence-electron chi connectivity index (χ3n) is 9.15. The summed E-state index contributed by atoms with van der Waals surface area (Å²) in [7, 11) is 1.75. The van der Waals surface area contributed by atoms with Gasteiger partial charge in [0.2, 0.25) is 11.8 Å². The van der Waals surface area contributed by atoms with E-state index in [9.17, 15) is 14.7 Å². The van der Waals surface area contributed by atoms with Crippen LogP contribution in [-0.4, -0.2) is 60.8 Å². The molecule has 0 radical (unpaired) electrons. The Morgan fingerprint density at radius 3 is 2.40 bits per heavy atom.